The normalized spacial score (nSPS) is 12.8. The van der Waals surface area contributed by atoms with Crippen molar-refractivity contribution >= 4 is 0 Å². The van der Waals surface area contributed by atoms with Gasteiger partial charge in [0.05, 0.1) is 14.2 Å². The van der Waals surface area contributed by atoms with Crippen molar-refractivity contribution in [3.8, 4) is 17.2 Å². The maximum absolute atomic E-state index is 6.25. The highest BCUT2D eigenvalue weighted by Crippen LogP contribution is 2.32. The number of hydrogen-bond donors (Lipinski definition) is 1. The van der Waals surface area contributed by atoms with Crippen molar-refractivity contribution in [2.45, 2.75) is 155 Å². The van der Waals surface area contributed by atoms with Crippen molar-refractivity contribution in [2.24, 2.45) is 5.73 Å². The van der Waals surface area contributed by atoms with E-state index in [9.17, 15) is 0 Å². The minimum atomic E-state index is -0.435. The number of ether oxygens (including phenoxy) is 5. The van der Waals surface area contributed by atoms with E-state index in [4.69, 9.17) is 29.4 Å². The maximum atomic E-state index is 6.25. The van der Waals surface area contributed by atoms with Crippen LogP contribution in [0, 0.1) is 0 Å². The number of nitrogens with two attached hydrogens (primary N) is 1. The van der Waals surface area contributed by atoms with Crippen LogP contribution in [0.2, 0.25) is 0 Å². The van der Waals surface area contributed by atoms with Crippen LogP contribution in [-0.2, 0) is 9.47 Å². The third-order valence-corrected chi connectivity index (χ3v) is 7.30. The van der Waals surface area contributed by atoms with Crippen molar-refractivity contribution in [2.75, 3.05) is 21.0 Å². The molecule has 0 aliphatic carbocycles. The lowest BCUT2D eigenvalue weighted by Gasteiger charge is -2.22. The molecule has 6 heteroatoms. The number of benzene rings is 1. The van der Waals surface area contributed by atoms with E-state index in [0.717, 1.165) is 25.7 Å². The summed E-state index contributed by atoms with van der Waals surface area (Å²) in [5.74, 6) is 1.98. The minimum Gasteiger partial charge on any atom is -0.497 e. The Balaban J connectivity index is 2.39. The van der Waals surface area contributed by atoms with Gasteiger partial charge in [-0.15, -0.1) is 0 Å². The van der Waals surface area contributed by atoms with Gasteiger partial charge in [-0.3, -0.25) is 0 Å². The first kappa shape index (κ1) is 35.5. The van der Waals surface area contributed by atoms with Gasteiger partial charge < -0.3 is 29.4 Å². The summed E-state index contributed by atoms with van der Waals surface area (Å²) in [5, 5.41) is 0. The molecular formula is C33H61NO5. The fourth-order valence-electron chi connectivity index (χ4n) is 4.76. The lowest BCUT2D eigenvalue weighted by Crippen LogP contribution is -2.28. The van der Waals surface area contributed by atoms with Gasteiger partial charge in [-0.2, -0.15) is 0 Å². The van der Waals surface area contributed by atoms with Gasteiger partial charge >= 0.3 is 0 Å². The predicted molar refractivity (Wildman–Crippen MR) is 163 cm³/mol. The second-order valence-corrected chi connectivity index (χ2v) is 10.8. The predicted octanol–water partition coefficient (Wildman–Crippen LogP) is 9.53. The summed E-state index contributed by atoms with van der Waals surface area (Å²) in [6, 6.07) is 5.54. The monoisotopic (exact) mass is 551 g/mol. The van der Waals surface area contributed by atoms with Crippen LogP contribution in [0.4, 0.5) is 0 Å². The van der Waals surface area contributed by atoms with Crippen LogP contribution >= 0.6 is 0 Å². The molecule has 2 atom stereocenters. The zero-order valence-electron chi connectivity index (χ0n) is 25.9. The molecule has 6 nitrogen and oxygen atoms in total. The quantitative estimate of drug-likeness (QED) is 0.0826. The zero-order valence-corrected chi connectivity index (χ0v) is 25.9. The van der Waals surface area contributed by atoms with Gasteiger partial charge in [0, 0.05) is 12.5 Å². The standard InChI is InChI=1S/C33H61NO5/c1-5-7-9-11-13-15-17-19-21-23-32(34)37-28-38-33(24-22-20-18-16-14-12-10-8-6-2)39-31-27-29(35-3)25-26-30(31)36-4/h25-27,32-33H,5-24,28,34H2,1-4H3. The van der Waals surface area contributed by atoms with Gasteiger partial charge in [-0.05, 0) is 31.4 Å². The molecule has 0 spiro atoms. The highest BCUT2D eigenvalue weighted by Gasteiger charge is 2.16. The first-order chi connectivity index (χ1) is 19.1. The summed E-state index contributed by atoms with van der Waals surface area (Å²) in [4.78, 5) is 0. The Morgan fingerprint density at radius 3 is 1.62 bits per heavy atom. The van der Waals surface area contributed by atoms with Crippen LogP contribution in [0.1, 0.15) is 142 Å². The Labute approximate surface area is 240 Å². The molecule has 1 aromatic carbocycles. The van der Waals surface area contributed by atoms with Crippen LogP contribution < -0.4 is 19.9 Å². The van der Waals surface area contributed by atoms with E-state index < -0.39 is 6.29 Å². The average Bonchev–Trinajstić information content (AvgIpc) is 2.95. The SMILES string of the molecule is CCCCCCCCCCCC(N)OCOC(CCCCCCCCCCC)Oc1cc(OC)ccc1OC. The van der Waals surface area contributed by atoms with Crippen LogP contribution in [0.25, 0.3) is 0 Å². The maximum Gasteiger partial charge on any atom is 0.202 e. The fraction of sp³-hybridized carbons (Fsp3) is 0.818. The molecule has 39 heavy (non-hydrogen) atoms. The van der Waals surface area contributed by atoms with Crippen molar-refractivity contribution in [3.63, 3.8) is 0 Å². The molecule has 228 valence electrons. The molecule has 0 heterocycles. The van der Waals surface area contributed by atoms with Crippen molar-refractivity contribution in [3.05, 3.63) is 18.2 Å². The van der Waals surface area contributed by atoms with Gasteiger partial charge in [0.2, 0.25) is 6.29 Å². The molecule has 0 radical (unpaired) electrons. The Morgan fingerprint density at radius 2 is 1.10 bits per heavy atom. The number of methoxy groups -OCH3 is 2. The number of unbranched alkanes of at least 4 members (excludes halogenated alkanes) is 16. The van der Waals surface area contributed by atoms with E-state index in [0.29, 0.717) is 17.2 Å². The summed E-state index contributed by atoms with van der Waals surface area (Å²) in [5.41, 5.74) is 6.21. The van der Waals surface area contributed by atoms with Crippen LogP contribution in [-0.4, -0.2) is 33.5 Å². The molecule has 0 aliphatic heterocycles. The molecule has 1 rings (SSSR count). The van der Waals surface area contributed by atoms with Crippen LogP contribution in [0.3, 0.4) is 0 Å². The lowest BCUT2D eigenvalue weighted by atomic mass is 10.1. The van der Waals surface area contributed by atoms with Crippen molar-refractivity contribution in [1.82, 2.24) is 0 Å². The van der Waals surface area contributed by atoms with Crippen molar-refractivity contribution < 1.29 is 23.7 Å². The molecule has 2 N–H and O–H groups in total. The smallest absolute Gasteiger partial charge is 0.202 e. The molecule has 0 aromatic heterocycles. The van der Waals surface area contributed by atoms with Crippen molar-refractivity contribution in [1.29, 1.82) is 0 Å². The third-order valence-electron chi connectivity index (χ3n) is 7.30. The van der Waals surface area contributed by atoms with Crippen LogP contribution in [0.15, 0.2) is 18.2 Å². The Morgan fingerprint density at radius 1 is 0.590 bits per heavy atom. The fourth-order valence-corrected chi connectivity index (χ4v) is 4.76. The van der Waals surface area contributed by atoms with Gasteiger partial charge in [0.15, 0.2) is 18.3 Å². The summed E-state index contributed by atoms with van der Waals surface area (Å²) in [6.45, 7) is 4.64. The average molecular weight is 552 g/mol. The molecule has 0 amide bonds. The second kappa shape index (κ2) is 25.5. The first-order valence-electron chi connectivity index (χ1n) is 16.0. The van der Waals surface area contributed by atoms with E-state index >= 15 is 0 Å². The third kappa shape index (κ3) is 19.3. The topological polar surface area (TPSA) is 72.2 Å². The summed E-state index contributed by atoms with van der Waals surface area (Å²) in [7, 11) is 3.28. The Hall–Kier alpha value is -1.50. The molecule has 0 bridgehead atoms. The Kier molecular flexibility index (Phi) is 23.2. The molecule has 1 aromatic rings. The summed E-state index contributed by atoms with van der Waals surface area (Å²) < 4.78 is 28.9. The van der Waals surface area contributed by atoms with Gasteiger partial charge in [0.1, 0.15) is 12.0 Å². The Bertz CT molecular complexity index is 671. The molecule has 0 saturated carbocycles. The summed E-state index contributed by atoms with van der Waals surface area (Å²) in [6.07, 6.45) is 24.1. The minimum absolute atomic E-state index is 0.118. The highest BCUT2D eigenvalue weighted by atomic mass is 16.8. The lowest BCUT2D eigenvalue weighted by molar-refractivity contribution is -0.176. The van der Waals surface area contributed by atoms with E-state index in [1.807, 2.05) is 18.2 Å². The number of rotatable bonds is 28. The molecular weight excluding hydrogens is 490 g/mol. The van der Waals surface area contributed by atoms with E-state index in [1.165, 1.54) is 103 Å². The zero-order chi connectivity index (χ0) is 28.4. The highest BCUT2D eigenvalue weighted by molar-refractivity contribution is 5.45. The van der Waals surface area contributed by atoms with Gasteiger partial charge in [-0.25, -0.2) is 0 Å². The molecule has 2 unspecified atom stereocenters. The first-order valence-corrected chi connectivity index (χ1v) is 16.0. The molecule has 0 aliphatic rings. The number of hydrogen-bond acceptors (Lipinski definition) is 6. The van der Waals surface area contributed by atoms with Gasteiger partial charge in [0.25, 0.3) is 0 Å². The van der Waals surface area contributed by atoms with Gasteiger partial charge in [-0.1, -0.05) is 117 Å². The molecule has 0 saturated heterocycles. The van der Waals surface area contributed by atoms with E-state index in [2.05, 4.69) is 13.8 Å². The van der Waals surface area contributed by atoms with E-state index in [1.54, 1.807) is 14.2 Å². The summed E-state index contributed by atoms with van der Waals surface area (Å²) >= 11 is 0. The molecule has 0 fully saturated rings. The largest absolute Gasteiger partial charge is 0.497 e. The second-order valence-electron chi connectivity index (χ2n) is 10.8. The van der Waals surface area contributed by atoms with E-state index in [-0.39, 0.29) is 13.0 Å². The van der Waals surface area contributed by atoms with Crippen LogP contribution in [0.5, 0.6) is 17.2 Å².